The number of rotatable bonds is 1. The lowest BCUT2D eigenvalue weighted by Crippen LogP contribution is -2.20. The van der Waals surface area contributed by atoms with Gasteiger partial charge in [0.05, 0.1) is 5.69 Å². The second kappa shape index (κ2) is 4.71. The number of carbonyl (C=O) groups excluding carboxylic acids is 1. The second-order valence-electron chi connectivity index (χ2n) is 5.65. The van der Waals surface area contributed by atoms with Crippen LogP contribution < -0.4 is 5.32 Å². The summed E-state index contributed by atoms with van der Waals surface area (Å²) in [5.74, 6) is -0.564. The van der Waals surface area contributed by atoms with Crippen LogP contribution in [0.3, 0.4) is 0 Å². The molecule has 0 bridgehead atoms. The van der Waals surface area contributed by atoms with Gasteiger partial charge in [-0.05, 0) is 6.07 Å². The topological polar surface area (TPSA) is 59.3 Å². The van der Waals surface area contributed by atoms with Gasteiger partial charge in [0.25, 0.3) is 5.91 Å². The van der Waals surface area contributed by atoms with E-state index in [9.17, 15) is 18.0 Å². The van der Waals surface area contributed by atoms with Crippen LogP contribution in [0.15, 0.2) is 12.1 Å². The van der Waals surface area contributed by atoms with Gasteiger partial charge < -0.3 is 5.32 Å². The first-order valence-electron chi connectivity index (χ1n) is 6.24. The number of hydrogen-bond acceptors (Lipinski definition) is 3. The zero-order valence-corrected chi connectivity index (χ0v) is 12.0. The second-order valence-corrected chi connectivity index (χ2v) is 5.65. The Bertz CT molecular complexity index is 698. The van der Waals surface area contributed by atoms with E-state index in [4.69, 9.17) is 0 Å². The Morgan fingerprint density at radius 3 is 2.33 bits per heavy atom. The van der Waals surface area contributed by atoms with Gasteiger partial charge in [0.2, 0.25) is 0 Å². The SMILES string of the molecule is CNC(=O)c1cc2nc(C(C)(C)C)cc(C(F)(F)F)n2n1. The molecule has 0 radical (unpaired) electrons. The molecular weight excluding hydrogens is 285 g/mol. The van der Waals surface area contributed by atoms with Crippen LogP contribution in [0.5, 0.6) is 0 Å². The van der Waals surface area contributed by atoms with Gasteiger partial charge in [-0.2, -0.15) is 18.3 Å². The monoisotopic (exact) mass is 300 g/mol. The van der Waals surface area contributed by atoms with E-state index < -0.39 is 23.2 Å². The molecule has 0 unspecified atom stereocenters. The molecule has 21 heavy (non-hydrogen) atoms. The summed E-state index contributed by atoms with van der Waals surface area (Å²) in [6.07, 6.45) is -4.59. The van der Waals surface area contributed by atoms with Gasteiger partial charge in [-0.15, -0.1) is 0 Å². The van der Waals surface area contributed by atoms with E-state index in [2.05, 4.69) is 15.4 Å². The summed E-state index contributed by atoms with van der Waals surface area (Å²) in [6.45, 7) is 5.30. The normalized spacial score (nSPS) is 12.7. The molecule has 0 saturated carbocycles. The molecule has 2 heterocycles. The Morgan fingerprint density at radius 2 is 1.86 bits per heavy atom. The zero-order valence-electron chi connectivity index (χ0n) is 12.0. The van der Waals surface area contributed by atoms with Gasteiger partial charge in [-0.3, -0.25) is 4.79 Å². The van der Waals surface area contributed by atoms with Crippen molar-refractivity contribution in [3.05, 3.63) is 29.2 Å². The first kappa shape index (κ1) is 15.3. The molecule has 2 rings (SSSR count). The van der Waals surface area contributed by atoms with Gasteiger partial charge in [0.15, 0.2) is 11.3 Å². The van der Waals surface area contributed by atoms with Crippen LogP contribution in [0, 0.1) is 0 Å². The number of fused-ring (bicyclic) bond motifs is 1. The van der Waals surface area contributed by atoms with Gasteiger partial charge >= 0.3 is 6.18 Å². The van der Waals surface area contributed by atoms with E-state index in [0.29, 0.717) is 4.52 Å². The first-order valence-corrected chi connectivity index (χ1v) is 6.24. The molecule has 0 aliphatic rings. The van der Waals surface area contributed by atoms with E-state index in [-0.39, 0.29) is 17.0 Å². The molecule has 8 heteroatoms. The highest BCUT2D eigenvalue weighted by Gasteiger charge is 2.36. The van der Waals surface area contributed by atoms with E-state index in [1.54, 1.807) is 20.8 Å². The molecular formula is C13H15F3N4O. The summed E-state index contributed by atoms with van der Waals surface area (Å²) < 4.78 is 40.2. The third-order valence-electron chi connectivity index (χ3n) is 2.95. The van der Waals surface area contributed by atoms with Crippen molar-refractivity contribution in [1.82, 2.24) is 19.9 Å². The summed E-state index contributed by atoms with van der Waals surface area (Å²) in [5.41, 5.74) is -1.34. The average Bonchev–Trinajstić information content (AvgIpc) is 2.77. The van der Waals surface area contributed by atoms with Crippen molar-refractivity contribution in [2.75, 3.05) is 7.05 Å². The number of hydrogen-bond donors (Lipinski definition) is 1. The van der Waals surface area contributed by atoms with Crippen molar-refractivity contribution in [2.45, 2.75) is 32.4 Å². The number of nitrogens with zero attached hydrogens (tertiary/aromatic N) is 3. The van der Waals surface area contributed by atoms with Crippen LogP contribution >= 0.6 is 0 Å². The summed E-state index contributed by atoms with van der Waals surface area (Å²) >= 11 is 0. The molecule has 1 N–H and O–H groups in total. The molecule has 2 aromatic rings. The highest BCUT2D eigenvalue weighted by molar-refractivity contribution is 5.93. The van der Waals surface area contributed by atoms with E-state index in [1.807, 2.05) is 0 Å². The minimum absolute atomic E-state index is 0.00616. The predicted molar refractivity (Wildman–Crippen MR) is 70.1 cm³/mol. The Hall–Kier alpha value is -2.12. The van der Waals surface area contributed by atoms with Crippen LogP contribution in [-0.2, 0) is 11.6 Å². The maximum Gasteiger partial charge on any atom is 0.433 e. The number of halogens is 3. The minimum Gasteiger partial charge on any atom is -0.354 e. The van der Waals surface area contributed by atoms with E-state index in [0.717, 1.165) is 6.07 Å². The van der Waals surface area contributed by atoms with Gasteiger partial charge in [0.1, 0.15) is 5.69 Å². The Morgan fingerprint density at radius 1 is 1.24 bits per heavy atom. The molecule has 0 aliphatic heterocycles. The highest BCUT2D eigenvalue weighted by atomic mass is 19.4. The van der Waals surface area contributed by atoms with E-state index in [1.165, 1.54) is 13.1 Å². The largest absolute Gasteiger partial charge is 0.433 e. The fraction of sp³-hybridized carbons (Fsp3) is 0.462. The third kappa shape index (κ3) is 2.84. The van der Waals surface area contributed by atoms with Crippen LogP contribution in [-0.4, -0.2) is 27.6 Å². The van der Waals surface area contributed by atoms with Gasteiger partial charge in [-0.1, -0.05) is 20.8 Å². The quantitative estimate of drug-likeness (QED) is 0.880. The zero-order chi connectivity index (χ0) is 16.0. The van der Waals surface area contributed by atoms with E-state index >= 15 is 0 Å². The first-order chi connectivity index (χ1) is 9.54. The van der Waals surface area contributed by atoms with Crippen molar-refractivity contribution in [1.29, 1.82) is 0 Å². The van der Waals surface area contributed by atoms with Crippen LogP contribution in [0.4, 0.5) is 13.2 Å². The highest BCUT2D eigenvalue weighted by Crippen LogP contribution is 2.32. The fourth-order valence-corrected chi connectivity index (χ4v) is 1.80. The molecule has 0 aliphatic carbocycles. The Balaban J connectivity index is 2.78. The molecule has 0 aromatic carbocycles. The Kier molecular flexibility index (Phi) is 3.43. The standard InChI is InChI=1S/C13H15F3N4O/c1-12(2,3)8-6-9(13(14,15)16)20-10(18-8)5-7(19-20)11(21)17-4/h5-6H,1-4H3,(H,17,21). The summed E-state index contributed by atoms with van der Waals surface area (Å²) in [4.78, 5) is 15.7. The van der Waals surface area contributed by atoms with Crippen LogP contribution in [0.1, 0.15) is 42.6 Å². The van der Waals surface area contributed by atoms with Crippen LogP contribution in [0.25, 0.3) is 5.65 Å². The molecule has 0 spiro atoms. The lowest BCUT2D eigenvalue weighted by Gasteiger charge is -2.19. The number of amides is 1. The molecule has 0 atom stereocenters. The predicted octanol–water partition coefficient (Wildman–Crippen LogP) is 2.41. The average molecular weight is 300 g/mol. The van der Waals surface area contributed by atoms with Crippen molar-refractivity contribution < 1.29 is 18.0 Å². The molecule has 2 aromatic heterocycles. The van der Waals surface area contributed by atoms with Crippen molar-refractivity contribution in [3.8, 4) is 0 Å². The lowest BCUT2D eigenvalue weighted by atomic mass is 9.91. The number of nitrogens with one attached hydrogen (secondary N) is 1. The lowest BCUT2D eigenvalue weighted by molar-refractivity contribution is -0.142. The third-order valence-corrected chi connectivity index (χ3v) is 2.95. The Labute approximate surface area is 119 Å². The maximum atomic E-state index is 13.2. The van der Waals surface area contributed by atoms with Crippen molar-refractivity contribution in [3.63, 3.8) is 0 Å². The van der Waals surface area contributed by atoms with Crippen LogP contribution in [0.2, 0.25) is 0 Å². The molecule has 0 fully saturated rings. The van der Waals surface area contributed by atoms with Gasteiger partial charge in [-0.25, -0.2) is 9.50 Å². The molecule has 5 nitrogen and oxygen atoms in total. The molecule has 1 amide bonds. The van der Waals surface area contributed by atoms with Gasteiger partial charge in [0, 0.05) is 18.5 Å². The van der Waals surface area contributed by atoms with Crippen molar-refractivity contribution >= 4 is 11.6 Å². The summed E-state index contributed by atoms with van der Waals surface area (Å²) in [6, 6.07) is 2.21. The maximum absolute atomic E-state index is 13.2. The van der Waals surface area contributed by atoms with Crippen molar-refractivity contribution in [2.24, 2.45) is 0 Å². The summed E-state index contributed by atoms with van der Waals surface area (Å²) in [5, 5.41) is 6.02. The number of alkyl halides is 3. The smallest absolute Gasteiger partial charge is 0.354 e. The molecule has 114 valence electrons. The molecule has 0 saturated heterocycles. The fourth-order valence-electron chi connectivity index (χ4n) is 1.80. The summed E-state index contributed by atoms with van der Waals surface area (Å²) in [7, 11) is 1.38. The minimum atomic E-state index is -4.59. The number of carbonyl (C=O) groups is 1. The number of aromatic nitrogens is 3.